The van der Waals surface area contributed by atoms with E-state index in [1.165, 1.54) is 24.3 Å². The second kappa shape index (κ2) is 9.38. The lowest BCUT2D eigenvalue weighted by molar-refractivity contribution is -0.136. The van der Waals surface area contributed by atoms with E-state index in [4.69, 9.17) is 10.5 Å². The van der Waals surface area contributed by atoms with Crippen LogP contribution in [0.4, 0.5) is 5.69 Å². The zero-order valence-electron chi connectivity index (χ0n) is 17.6. The topological polar surface area (TPSA) is 119 Å². The molecule has 2 aromatic rings. The summed E-state index contributed by atoms with van der Waals surface area (Å²) < 4.78 is 33.5. The Morgan fingerprint density at radius 1 is 1.10 bits per heavy atom. The Hall–Kier alpha value is -3.07. The van der Waals surface area contributed by atoms with Gasteiger partial charge in [0, 0.05) is 19.0 Å². The third-order valence-corrected chi connectivity index (χ3v) is 6.77. The molecule has 1 aliphatic heterocycles. The van der Waals surface area contributed by atoms with Crippen molar-refractivity contribution in [1.29, 1.82) is 0 Å². The van der Waals surface area contributed by atoms with E-state index in [0.717, 1.165) is 11.1 Å². The van der Waals surface area contributed by atoms with Crippen molar-refractivity contribution in [2.75, 3.05) is 24.4 Å². The molecule has 1 heterocycles. The number of hydrogen-bond donors (Lipinski definition) is 2. The van der Waals surface area contributed by atoms with Crippen LogP contribution in [-0.4, -0.2) is 44.8 Å². The van der Waals surface area contributed by atoms with Crippen molar-refractivity contribution < 1.29 is 22.7 Å². The Morgan fingerprint density at radius 2 is 1.74 bits per heavy atom. The number of benzene rings is 2. The molecule has 0 spiro atoms. The molecule has 0 aromatic heterocycles. The van der Waals surface area contributed by atoms with Crippen molar-refractivity contribution in [3.8, 4) is 5.75 Å². The van der Waals surface area contributed by atoms with Gasteiger partial charge in [-0.1, -0.05) is 12.1 Å². The first kappa shape index (κ1) is 22.6. The highest BCUT2D eigenvalue weighted by Crippen LogP contribution is 2.23. The zero-order valence-corrected chi connectivity index (χ0v) is 18.4. The molecule has 0 atom stereocenters. The number of likely N-dealkylation sites (tertiary alicyclic amines) is 1. The summed E-state index contributed by atoms with van der Waals surface area (Å²) in [5, 5.41) is 0. The molecule has 0 bridgehead atoms. The molecule has 166 valence electrons. The molecular formula is C22H27N3O5S. The molecular weight excluding hydrogens is 418 g/mol. The third-order valence-electron chi connectivity index (χ3n) is 5.38. The Bertz CT molecular complexity index is 1060. The smallest absolute Gasteiger partial charge is 0.261 e. The lowest BCUT2D eigenvalue weighted by Crippen LogP contribution is -2.43. The van der Waals surface area contributed by atoms with E-state index in [1.54, 1.807) is 11.0 Å². The number of anilines is 1. The van der Waals surface area contributed by atoms with Crippen LogP contribution < -0.4 is 15.2 Å². The largest absolute Gasteiger partial charge is 0.484 e. The maximum Gasteiger partial charge on any atom is 0.261 e. The van der Waals surface area contributed by atoms with E-state index in [2.05, 4.69) is 4.72 Å². The highest BCUT2D eigenvalue weighted by Gasteiger charge is 2.26. The van der Waals surface area contributed by atoms with E-state index >= 15 is 0 Å². The van der Waals surface area contributed by atoms with Crippen molar-refractivity contribution in [3.63, 3.8) is 0 Å². The second-order valence-electron chi connectivity index (χ2n) is 7.74. The molecule has 0 aliphatic carbocycles. The summed E-state index contributed by atoms with van der Waals surface area (Å²) in [4.78, 5) is 25.3. The number of hydrogen-bond acceptors (Lipinski definition) is 5. The van der Waals surface area contributed by atoms with E-state index in [0.29, 0.717) is 37.4 Å². The Morgan fingerprint density at radius 3 is 2.35 bits per heavy atom. The van der Waals surface area contributed by atoms with E-state index in [9.17, 15) is 18.0 Å². The summed E-state index contributed by atoms with van der Waals surface area (Å²) in [6.45, 7) is 4.51. The van der Waals surface area contributed by atoms with Gasteiger partial charge in [0.25, 0.3) is 15.9 Å². The fourth-order valence-electron chi connectivity index (χ4n) is 3.41. The molecule has 0 radical (unpaired) electrons. The van der Waals surface area contributed by atoms with Crippen LogP contribution in [0.2, 0.25) is 0 Å². The van der Waals surface area contributed by atoms with Gasteiger partial charge in [-0.15, -0.1) is 0 Å². The van der Waals surface area contributed by atoms with Crippen LogP contribution >= 0.6 is 0 Å². The van der Waals surface area contributed by atoms with E-state index < -0.39 is 10.0 Å². The van der Waals surface area contributed by atoms with E-state index in [-0.39, 0.29) is 29.2 Å². The van der Waals surface area contributed by atoms with Gasteiger partial charge in [0.2, 0.25) is 5.91 Å². The number of nitrogens with one attached hydrogen (secondary N) is 1. The number of primary amides is 1. The molecule has 8 nitrogen and oxygen atoms in total. The lowest BCUT2D eigenvalue weighted by Gasteiger charge is -2.30. The highest BCUT2D eigenvalue weighted by atomic mass is 32.2. The summed E-state index contributed by atoms with van der Waals surface area (Å²) in [6.07, 6.45) is 1.11. The monoisotopic (exact) mass is 445 g/mol. The average Bonchev–Trinajstić information content (AvgIpc) is 2.75. The first-order valence-corrected chi connectivity index (χ1v) is 11.5. The fraction of sp³-hybridized carbons (Fsp3) is 0.364. The van der Waals surface area contributed by atoms with Crippen LogP contribution in [0, 0.1) is 19.8 Å². The molecule has 31 heavy (non-hydrogen) atoms. The van der Waals surface area contributed by atoms with Crippen LogP contribution in [0.5, 0.6) is 5.75 Å². The van der Waals surface area contributed by atoms with E-state index in [1.807, 2.05) is 26.0 Å². The summed E-state index contributed by atoms with van der Waals surface area (Å²) in [7, 11) is -3.75. The number of ether oxygens (including phenoxy) is 1. The minimum absolute atomic E-state index is 0.0978. The Kier molecular flexibility index (Phi) is 6.84. The van der Waals surface area contributed by atoms with Crippen molar-refractivity contribution in [2.24, 2.45) is 11.7 Å². The predicted octanol–water partition coefficient (Wildman–Crippen LogP) is 2.21. The Labute approximate surface area is 182 Å². The molecule has 1 saturated heterocycles. The zero-order chi connectivity index (χ0) is 22.6. The standard InChI is InChI=1S/C22H27N3O5S/c1-15-3-4-16(2)20(13-15)24-31(28,29)19-7-5-18(6-8-19)30-14-21(26)25-11-9-17(10-12-25)22(23)27/h3-8,13,17,24H,9-12,14H2,1-2H3,(H2,23,27). The number of carbonyl (C=O) groups excluding carboxylic acids is 2. The van der Waals surface area contributed by atoms with Crippen LogP contribution in [0.1, 0.15) is 24.0 Å². The summed E-state index contributed by atoms with van der Waals surface area (Å²) in [5.74, 6) is -0.302. The van der Waals surface area contributed by atoms with Gasteiger partial charge in [-0.2, -0.15) is 0 Å². The Balaban J connectivity index is 1.57. The lowest BCUT2D eigenvalue weighted by atomic mass is 9.96. The molecule has 1 fully saturated rings. The molecule has 2 aromatic carbocycles. The summed E-state index contributed by atoms with van der Waals surface area (Å²) >= 11 is 0. The van der Waals surface area contributed by atoms with Crippen molar-refractivity contribution in [1.82, 2.24) is 4.90 Å². The van der Waals surface area contributed by atoms with Crippen molar-refractivity contribution in [2.45, 2.75) is 31.6 Å². The fourth-order valence-corrected chi connectivity index (χ4v) is 4.54. The maximum absolute atomic E-state index is 12.7. The normalized spacial score (nSPS) is 14.8. The van der Waals surface area contributed by atoms with Gasteiger partial charge < -0.3 is 15.4 Å². The van der Waals surface area contributed by atoms with Gasteiger partial charge in [-0.25, -0.2) is 8.42 Å². The molecule has 1 aliphatic rings. The van der Waals surface area contributed by atoms with Crippen LogP contribution in [0.15, 0.2) is 47.4 Å². The van der Waals surface area contributed by atoms with Gasteiger partial charge in [0.15, 0.2) is 6.61 Å². The first-order valence-electron chi connectivity index (χ1n) is 10.1. The molecule has 3 rings (SSSR count). The van der Waals surface area contributed by atoms with Crippen LogP contribution in [-0.2, 0) is 19.6 Å². The predicted molar refractivity (Wildman–Crippen MR) is 117 cm³/mol. The molecule has 2 amide bonds. The number of carbonyl (C=O) groups is 2. The van der Waals surface area contributed by atoms with Crippen molar-refractivity contribution >= 4 is 27.5 Å². The number of rotatable bonds is 7. The average molecular weight is 446 g/mol. The number of amides is 2. The quantitative estimate of drug-likeness (QED) is 0.677. The SMILES string of the molecule is Cc1ccc(C)c(NS(=O)(=O)c2ccc(OCC(=O)N3CCC(C(N)=O)CC3)cc2)c1. The van der Waals surface area contributed by atoms with Crippen LogP contribution in [0.3, 0.4) is 0 Å². The molecule has 0 unspecified atom stereocenters. The molecule has 9 heteroatoms. The number of piperidine rings is 1. The van der Waals surface area contributed by atoms with Gasteiger partial charge in [0.1, 0.15) is 5.75 Å². The minimum atomic E-state index is -3.75. The van der Waals surface area contributed by atoms with Crippen LogP contribution in [0.25, 0.3) is 0 Å². The number of sulfonamides is 1. The number of nitrogens with zero attached hydrogens (tertiary/aromatic N) is 1. The van der Waals surface area contributed by atoms with Crippen molar-refractivity contribution in [3.05, 3.63) is 53.6 Å². The van der Waals surface area contributed by atoms with Gasteiger partial charge in [-0.3, -0.25) is 14.3 Å². The number of aryl methyl sites for hydroxylation is 2. The number of nitrogens with two attached hydrogens (primary N) is 1. The maximum atomic E-state index is 12.7. The van der Waals surface area contributed by atoms with Gasteiger partial charge in [-0.05, 0) is 68.1 Å². The van der Waals surface area contributed by atoms with Gasteiger partial charge in [0.05, 0.1) is 10.6 Å². The summed E-state index contributed by atoms with van der Waals surface area (Å²) in [6, 6.07) is 11.5. The molecule has 0 saturated carbocycles. The first-order chi connectivity index (χ1) is 14.7. The summed E-state index contributed by atoms with van der Waals surface area (Å²) in [5.41, 5.74) is 7.62. The van der Waals surface area contributed by atoms with Gasteiger partial charge >= 0.3 is 0 Å². The second-order valence-corrected chi connectivity index (χ2v) is 9.42. The molecule has 3 N–H and O–H groups in total. The highest BCUT2D eigenvalue weighted by molar-refractivity contribution is 7.92. The minimum Gasteiger partial charge on any atom is -0.484 e. The third kappa shape index (κ3) is 5.75.